The van der Waals surface area contributed by atoms with E-state index in [2.05, 4.69) is 32.3 Å². The summed E-state index contributed by atoms with van der Waals surface area (Å²) >= 11 is 16.4. The second-order valence-corrected chi connectivity index (χ2v) is 9.20. The quantitative estimate of drug-likeness (QED) is 0.168. The van der Waals surface area contributed by atoms with Crippen LogP contribution in [-0.2, 0) is 9.59 Å². The second-order valence-electron chi connectivity index (χ2n) is 7.95. The lowest BCUT2D eigenvalue weighted by Gasteiger charge is -2.25. The monoisotopic (exact) mass is 569 g/mol. The first kappa shape index (κ1) is 28.6. The summed E-state index contributed by atoms with van der Waals surface area (Å²) in [6.45, 7) is 0.728. The third-order valence-corrected chi connectivity index (χ3v) is 5.76. The van der Waals surface area contributed by atoms with Crippen molar-refractivity contribution < 1.29 is 9.59 Å². The van der Waals surface area contributed by atoms with Crippen LogP contribution < -0.4 is 37.2 Å². The number of anilines is 3. The van der Waals surface area contributed by atoms with Crippen LogP contribution in [0.4, 0.5) is 17.1 Å². The fraction of sp³-hybridized carbons (Fsp3) is 0.154. The van der Waals surface area contributed by atoms with Crippen molar-refractivity contribution in [3.8, 4) is 0 Å². The molecule has 3 aromatic carbocycles. The van der Waals surface area contributed by atoms with Crippen LogP contribution in [0.15, 0.2) is 84.9 Å². The smallest absolute Gasteiger partial charge is 0.240 e. The summed E-state index contributed by atoms with van der Waals surface area (Å²) in [5.41, 5.74) is 13.0. The molecule has 38 heavy (non-hydrogen) atoms. The SMILES string of the molecule is O=C(CCN(CCC(=O)NNC(=S)Nc1ccccc1)c1ccc(Cl)cc1)NNC(=S)Nc1ccccc1. The van der Waals surface area contributed by atoms with E-state index in [0.717, 1.165) is 17.1 Å². The van der Waals surface area contributed by atoms with Gasteiger partial charge in [0.15, 0.2) is 10.2 Å². The summed E-state index contributed by atoms with van der Waals surface area (Å²) in [7, 11) is 0. The van der Waals surface area contributed by atoms with Crippen LogP contribution in [0.2, 0.25) is 5.02 Å². The molecule has 2 amide bonds. The number of para-hydroxylation sites is 2. The van der Waals surface area contributed by atoms with Crippen molar-refractivity contribution in [1.29, 1.82) is 0 Å². The van der Waals surface area contributed by atoms with Crippen molar-refractivity contribution in [1.82, 2.24) is 21.7 Å². The minimum atomic E-state index is -0.260. The molecule has 0 atom stereocenters. The topological polar surface area (TPSA) is 110 Å². The summed E-state index contributed by atoms with van der Waals surface area (Å²) in [5.74, 6) is -0.519. The van der Waals surface area contributed by atoms with Gasteiger partial charge in [-0.15, -0.1) is 0 Å². The lowest BCUT2D eigenvalue weighted by molar-refractivity contribution is -0.121. The van der Waals surface area contributed by atoms with Gasteiger partial charge in [-0.05, 0) is 73.0 Å². The van der Waals surface area contributed by atoms with E-state index in [1.165, 1.54) is 0 Å². The molecule has 0 fully saturated rings. The minimum Gasteiger partial charge on any atom is -0.370 e. The summed E-state index contributed by atoms with van der Waals surface area (Å²) in [4.78, 5) is 26.8. The van der Waals surface area contributed by atoms with Gasteiger partial charge in [-0.2, -0.15) is 0 Å². The Kier molecular flexibility index (Phi) is 11.6. The number of nitrogens with one attached hydrogen (secondary N) is 6. The van der Waals surface area contributed by atoms with Gasteiger partial charge in [-0.25, -0.2) is 0 Å². The highest BCUT2D eigenvalue weighted by Gasteiger charge is 2.13. The largest absolute Gasteiger partial charge is 0.370 e. The number of thiocarbonyl (C=S) groups is 2. The fourth-order valence-electron chi connectivity index (χ4n) is 3.24. The number of hydrazine groups is 2. The summed E-state index contributed by atoms with van der Waals surface area (Å²) in [6, 6.07) is 25.9. The Morgan fingerprint density at radius 2 is 1.05 bits per heavy atom. The Balaban J connectivity index is 1.45. The van der Waals surface area contributed by atoms with Gasteiger partial charge in [0, 0.05) is 48.0 Å². The van der Waals surface area contributed by atoms with Crippen molar-refractivity contribution in [2.45, 2.75) is 12.8 Å². The summed E-state index contributed by atoms with van der Waals surface area (Å²) < 4.78 is 0. The molecule has 0 aliphatic heterocycles. The van der Waals surface area contributed by atoms with Gasteiger partial charge in [0.2, 0.25) is 11.8 Å². The number of carbonyl (C=O) groups is 2. The van der Waals surface area contributed by atoms with Gasteiger partial charge in [0.1, 0.15) is 0 Å². The van der Waals surface area contributed by atoms with Crippen LogP contribution in [0.5, 0.6) is 0 Å². The first-order valence-corrected chi connectivity index (χ1v) is 12.9. The molecule has 0 radical (unpaired) electrons. The first-order valence-electron chi connectivity index (χ1n) is 11.7. The molecule has 0 saturated carbocycles. The van der Waals surface area contributed by atoms with Crippen molar-refractivity contribution in [2.75, 3.05) is 28.6 Å². The highest BCUT2D eigenvalue weighted by molar-refractivity contribution is 7.80. The molecule has 0 aromatic heterocycles. The first-order chi connectivity index (χ1) is 18.4. The molecule has 0 saturated heterocycles. The molecule has 0 heterocycles. The molecule has 3 rings (SSSR count). The summed E-state index contributed by atoms with van der Waals surface area (Å²) in [6.07, 6.45) is 0.322. The second kappa shape index (κ2) is 15.4. The standard InChI is InChI=1S/C26H28ClN7O2S2/c27-19-11-13-22(14-12-19)34(17-15-23(35)30-32-25(37)28-20-7-3-1-4-8-20)18-16-24(36)31-33-26(38)29-21-9-5-2-6-10-21/h1-14H,15-18H2,(H,30,35)(H,31,36)(H2,28,32,37)(H2,29,33,38). The highest BCUT2D eigenvalue weighted by atomic mass is 35.5. The van der Waals surface area contributed by atoms with E-state index in [0.29, 0.717) is 18.1 Å². The minimum absolute atomic E-state index is 0.161. The maximum absolute atomic E-state index is 12.4. The van der Waals surface area contributed by atoms with Gasteiger partial charge in [0.25, 0.3) is 0 Å². The molecule has 0 bridgehead atoms. The zero-order valence-electron chi connectivity index (χ0n) is 20.4. The van der Waals surface area contributed by atoms with E-state index in [9.17, 15) is 9.59 Å². The van der Waals surface area contributed by atoms with E-state index >= 15 is 0 Å². The van der Waals surface area contributed by atoms with Crippen LogP contribution in [0.1, 0.15) is 12.8 Å². The van der Waals surface area contributed by atoms with Crippen molar-refractivity contribution in [3.05, 3.63) is 90.0 Å². The average Bonchev–Trinajstić information content (AvgIpc) is 2.92. The molecular formula is C26H28ClN7O2S2. The van der Waals surface area contributed by atoms with Gasteiger partial charge in [-0.1, -0.05) is 48.0 Å². The zero-order chi connectivity index (χ0) is 27.2. The third kappa shape index (κ3) is 10.6. The van der Waals surface area contributed by atoms with Crippen LogP contribution in [0.3, 0.4) is 0 Å². The predicted molar refractivity (Wildman–Crippen MR) is 161 cm³/mol. The van der Waals surface area contributed by atoms with E-state index < -0.39 is 0 Å². The highest BCUT2D eigenvalue weighted by Crippen LogP contribution is 2.18. The Morgan fingerprint density at radius 1 is 0.632 bits per heavy atom. The lowest BCUT2D eigenvalue weighted by atomic mass is 10.2. The predicted octanol–water partition coefficient (Wildman–Crippen LogP) is 3.96. The Hall–Kier alpha value is -3.93. The number of rotatable bonds is 9. The molecule has 0 unspecified atom stereocenters. The van der Waals surface area contributed by atoms with Crippen LogP contribution >= 0.6 is 36.0 Å². The van der Waals surface area contributed by atoms with Crippen molar-refractivity contribution >= 4 is 75.1 Å². The van der Waals surface area contributed by atoms with Crippen LogP contribution in [0.25, 0.3) is 0 Å². The van der Waals surface area contributed by atoms with Crippen molar-refractivity contribution in [2.24, 2.45) is 0 Å². The summed E-state index contributed by atoms with van der Waals surface area (Å²) in [5, 5.41) is 7.08. The number of carbonyl (C=O) groups excluding carboxylic acids is 2. The molecule has 3 aromatic rings. The Morgan fingerprint density at radius 3 is 1.47 bits per heavy atom. The van der Waals surface area contributed by atoms with Crippen LogP contribution in [0, 0.1) is 0 Å². The Labute approximate surface area is 237 Å². The Bertz CT molecular complexity index is 1140. The normalized spacial score (nSPS) is 10.0. The van der Waals surface area contributed by atoms with E-state index in [-0.39, 0.29) is 34.9 Å². The van der Waals surface area contributed by atoms with Gasteiger partial charge >= 0.3 is 0 Å². The van der Waals surface area contributed by atoms with E-state index in [1.807, 2.05) is 77.7 Å². The number of hydrogen-bond donors (Lipinski definition) is 6. The molecule has 6 N–H and O–H groups in total. The number of amides is 2. The van der Waals surface area contributed by atoms with Crippen LogP contribution in [-0.4, -0.2) is 35.1 Å². The maximum atomic E-state index is 12.4. The molecule has 0 aliphatic rings. The molecule has 198 valence electrons. The number of hydrogen-bond acceptors (Lipinski definition) is 5. The number of benzene rings is 3. The van der Waals surface area contributed by atoms with Crippen molar-refractivity contribution in [3.63, 3.8) is 0 Å². The number of halogens is 1. The third-order valence-electron chi connectivity index (χ3n) is 5.10. The molecular weight excluding hydrogens is 542 g/mol. The zero-order valence-corrected chi connectivity index (χ0v) is 22.8. The maximum Gasteiger partial charge on any atom is 0.240 e. The van der Waals surface area contributed by atoms with E-state index in [4.69, 9.17) is 36.0 Å². The van der Waals surface area contributed by atoms with Gasteiger partial charge in [0.05, 0.1) is 0 Å². The average molecular weight is 570 g/mol. The molecule has 0 spiro atoms. The van der Waals surface area contributed by atoms with Gasteiger partial charge < -0.3 is 15.5 Å². The molecule has 12 heteroatoms. The lowest BCUT2D eigenvalue weighted by Crippen LogP contribution is -2.45. The fourth-order valence-corrected chi connectivity index (χ4v) is 3.70. The molecule has 0 aliphatic carbocycles. The van der Waals surface area contributed by atoms with E-state index in [1.54, 1.807) is 12.1 Å². The van der Waals surface area contributed by atoms with Gasteiger partial charge in [-0.3, -0.25) is 31.3 Å². The molecule has 9 nitrogen and oxygen atoms in total. The number of nitrogens with zero attached hydrogens (tertiary/aromatic N) is 1.